The molecule has 1 rings (SSSR count). The average Bonchev–Trinajstić information content (AvgIpc) is 0.861. The molecule has 11 amide bonds. The summed E-state index contributed by atoms with van der Waals surface area (Å²) >= 11 is 1.07. The van der Waals surface area contributed by atoms with E-state index in [-0.39, 0.29) is 80.1 Å². The van der Waals surface area contributed by atoms with Crippen molar-refractivity contribution in [3.63, 3.8) is 0 Å². The molecule has 0 aromatic rings. The number of carbonyl (C=O) groups excluding carboxylic acids is 11. The lowest BCUT2D eigenvalue weighted by Gasteiger charge is -2.41. The van der Waals surface area contributed by atoms with Crippen LogP contribution < -0.4 is 21.3 Å². The monoisotopic (exact) mass is 1320 g/mol. The predicted molar refractivity (Wildman–Crippen MR) is 357 cm³/mol. The number of rotatable bonds is 20. The summed E-state index contributed by atoms with van der Waals surface area (Å²) in [5.74, 6) is -11.8. The molecule has 13 atom stereocenters. The third-order valence-electron chi connectivity index (χ3n) is 17.1. The second-order valence-corrected chi connectivity index (χ2v) is 28.7. The van der Waals surface area contributed by atoms with Crippen molar-refractivity contribution in [2.45, 2.75) is 235 Å². The molecule has 1 aliphatic heterocycles. The number of amides is 11. The molecule has 6 N–H and O–H groups in total. The third-order valence-corrected chi connectivity index (χ3v) is 18.2. The van der Waals surface area contributed by atoms with E-state index in [2.05, 4.69) is 21.3 Å². The summed E-state index contributed by atoms with van der Waals surface area (Å²) in [7, 11) is 9.77. The maximum atomic E-state index is 15.3. The van der Waals surface area contributed by atoms with Gasteiger partial charge in [0.25, 0.3) is 0 Å². The molecule has 25 nitrogen and oxygen atoms in total. The van der Waals surface area contributed by atoms with Crippen molar-refractivity contribution in [2.24, 2.45) is 41.4 Å². The molecule has 1 heterocycles. The van der Waals surface area contributed by atoms with Crippen molar-refractivity contribution in [3.05, 3.63) is 12.2 Å². The molecule has 0 spiro atoms. The van der Waals surface area contributed by atoms with Crippen LogP contribution in [0.15, 0.2) is 12.2 Å². The highest BCUT2D eigenvalue weighted by Crippen LogP contribution is 2.26. The van der Waals surface area contributed by atoms with E-state index in [1.165, 1.54) is 87.7 Å². The minimum atomic E-state index is -1.68. The molecule has 0 aromatic heterocycles. The van der Waals surface area contributed by atoms with E-state index < -0.39 is 161 Å². The van der Waals surface area contributed by atoms with Gasteiger partial charge in [-0.05, 0) is 101 Å². The van der Waals surface area contributed by atoms with Crippen LogP contribution in [-0.2, 0) is 57.5 Å². The Morgan fingerprint density at radius 3 is 1.33 bits per heavy atom. The Morgan fingerprint density at radius 2 is 0.880 bits per heavy atom. The smallest absolute Gasteiger partial charge is 0.304 e. The zero-order valence-corrected chi connectivity index (χ0v) is 60.6. The number of allylic oxidation sites excluding steroid dienone is 2. The molecule has 92 heavy (non-hydrogen) atoms. The topological polar surface area (TPSA) is 316 Å². The van der Waals surface area contributed by atoms with Crippen LogP contribution in [0.2, 0.25) is 0 Å². The van der Waals surface area contributed by atoms with Crippen LogP contribution in [0.25, 0.3) is 0 Å². The number of carbonyl (C=O) groups is 12. The molecule has 0 bridgehead atoms. The molecular weight excluding hydrogens is 1200 g/mol. The Labute approximate surface area is 553 Å². The van der Waals surface area contributed by atoms with Gasteiger partial charge in [-0.2, -0.15) is 11.8 Å². The Balaban J connectivity index is 4.53. The summed E-state index contributed by atoms with van der Waals surface area (Å²) in [5.41, 5.74) is 0. The maximum absolute atomic E-state index is 15.3. The van der Waals surface area contributed by atoms with E-state index in [4.69, 9.17) is 0 Å². The third kappa shape index (κ3) is 23.9. The van der Waals surface area contributed by atoms with Gasteiger partial charge < -0.3 is 65.8 Å². The van der Waals surface area contributed by atoms with Gasteiger partial charge in [0.05, 0.1) is 12.5 Å². The molecule has 1 saturated heterocycles. The fourth-order valence-corrected chi connectivity index (χ4v) is 12.4. The van der Waals surface area contributed by atoms with Gasteiger partial charge in [0, 0.05) is 60.8 Å². The van der Waals surface area contributed by atoms with Gasteiger partial charge in [-0.25, -0.2) is 0 Å². The van der Waals surface area contributed by atoms with E-state index in [9.17, 15) is 39.0 Å². The van der Waals surface area contributed by atoms with Gasteiger partial charge in [-0.15, -0.1) is 0 Å². The van der Waals surface area contributed by atoms with Gasteiger partial charge in [0.15, 0.2) is 0 Å². The molecular formula is C66H117N11O14S. The Hall–Kier alpha value is -6.31. The first kappa shape index (κ1) is 83.7. The van der Waals surface area contributed by atoms with Crippen LogP contribution in [0.4, 0.5) is 0 Å². The summed E-state index contributed by atoms with van der Waals surface area (Å²) in [6, 6.07) is -14.3. The predicted octanol–water partition coefficient (Wildman–Crippen LogP) is 3.85. The SMILES string of the molecule is C/C=C/C[C@@H](C)[C@@H](O)[C@@H]1C(=O)N[C@H](CC)C(=O)N(C)[C@H](CSCCC(=O)O)C(=O)N(C)[C@@H](CC(C)C)C(=O)N[C@H](C(C)C)C(=O)N(C)[C@H](CC(C)C)C(=O)N[C@H](C)C(=O)N[C@@H](C)C(=O)N(C)[C@H](CC(C)C)C(=O)N(C)[C@H](CC(C)C)C(=O)N(C)[C@H](C(C)C)C(=O)N1C. The quantitative estimate of drug-likeness (QED) is 0.0745. The first-order valence-corrected chi connectivity index (χ1v) is 33.9. The Bertz CT molecular complexity index is 2550. The molecule has 26 heteroatoms. The normalized spacial score (nSPS) is 26.5. The number of aliphatic hydroxyl groups is 1. The number of thioether (sulfide) groups is 1. The molecule has 0 aromatic carbocycles. The summed E-state index contributed by atoms with van der Waals surface area (Å²) in [6.07, 6.45) is 2.37. The highest BCUT2D eigenvalue weighted by molar-refractivity contribution is 7.99. The zero-order chi connectivity index (χ0) is 71.3. The van der Waals surface area contributed by atoms with Crippen molar-refractivity contribution in [1.29, 1.82) is 0 Å². The number of carboxylic acid groups (broad SMARTS) is 1. The molecule has 0 radical (unpaired) electrons. The number of nitrogens with zero attached hydrogens (tertiary/aromatic N) is 7. The van der Waals surface area contributed by atoms with E-state index in [1.54, 1.807) is 60.6 Å². The molecule has 0 saturated carbocycles. The standard InChI is InChI=1S/C66H117N11O14S/c1-25-27-28-42(15)55(80)54-59(84)69-45(26-2)61(86)75(22)50(35-92-30-29-51(78)79)64(89)71(18)47(32-37(5)6)58(83)70-52(40(11)12)65(90)72(19)46(31-36(3)4)57(82)67-43(16)56(81)68-44(17)60(85)73(20)48(33-38(7)8)62(87)74(21)49(34-39(9)10)63(88)76(23)53(41(13)14)66(91)77(54)24/h25,27,36-50,52-55,80H,26,28-35H2,1-24H3,(H,67,82)(H,68,81)(H,69,84)(H,70,83)(H,78,79)/b27-25+/t42-,43-,44+,45-,46-,47+,48-,49-,50-,52-,53-,54-,55-/m1/s1. The number of aliphatic carboxylic acids is 1. The first-order valence-electron chi connectivity index (χ1n) is 32.7. The van der Waals surface area contributed by atoms with Gasteiger partial charge in [-0.1, -0.05) is 109 Å². The fraction of sp³-hybridized carbons (Fsp3) is 0.788. The summed E-state index contributed by atoms with van der Waals surface area (Å²) in [5, 5.41) is 32.8. The number of carboxylic acids is 1. The second kappa shape index (κ2) is 38.8. The van der Waals surface area contributed by atoms with E-state index >= 15 is 28.8 Å². The minimum absolute atomic E-state index is 0.0373. The maximum Gasteiger partial charge on any atom is 0.304 e. The van der Waals surface area contributed by atoms with Gasteiger partial charge in [0.1, 0.15) is 66.5 Å². The molecule has 0 aliphatic carbocycles. The number of hydrogen-bond donors (Lipinski definition) is 6. The number of aliphatic hydroxyl groups excluding tert-OH is 1. The van der Waals surface area contributed by atoms with E-state index in [0.29, 0.717) is 0 Å². The van der Waals surface area contributed by atoms with Crippen molar-refractivity contribution < 1.29 is 67.7 Å². The first-order chi connectivity index (χ1) is 42.5. The van der Waals surface area contributed by atoms with E-state index in [1.807, 2.05) is 55.4 Å². The van der Waals surface area contributed by atoms with E-state index in [0.717, 1.165) is 21.6 Å². The Kier molecular flexibility index (Phi) is 35.3. The van der Waals surface area contributed by atoms with Crippen LogP contribution in [-0.4, -0.2) is 249 Å². The summed E-state index contributed by atoms with van der Waals surface area (Å²) in [4.78, 5) is 183. The van der Waals surface area contributed by atoms with Crippen LogP contribution in [0.1, 0.15) is 163 Å². The van der Waals surface area contributed by atoms with Crippen molar-refractivity contribution in [3.8, 4) is 0 Å². The lowest BCUT2D eigenvalue weighted by molar-refractivity contribution is -0.157. The molecule has 526 valence electrons. The minimum Gasteiger partial charge on any atom is -0.481 e. The average molecular weight is 1320 g/mol. The van der Waals surface area contributed by atoms with Crippen molar-refractivity contribution in [2.75, 3.05) is 60.8 Å². The van der Waals surface area contributed by atoms with Gasteiger partial charge in [-0.3, -0.25) is 57.5 Å². The van der Waals surface area contributed by atoms with Crippen molar-refractivity contribution >= 4 is 82.7 Å². The molecule has 0 unspecified atom stereocenters. The number of hydrogen-bond acceptors (Lipinski definition) is 14. The lowest BCUT2D eigenvalue weighted by atomic mass is 9.91. The molecule has 1 fully saturated rings. The number of nitrogens with one attached hydrogen (secondary N) is 4. The summed E-state index contributed by atoms with van der Waals surface area (Å²) < 4.78 is 0. The van der Waals surface area contributed by atoms with Gasteiger partial charge >= 0.3 is 5.97 Å². The van der Waals surface area contributed by atoms with Crippen LogP contribution in [0, 0.1) is 41.4 Å². The highest BCUT2D eigenvalue weighted by Gasteiger charge is 2.46. The van der Waals surface area contributed by atoms with Gasteiger partial charge in [0.2, 0.25) is 65.0 Å². The summed E-state index contributed by atoms with van der Waals surface area (Å²) in [6.45, 7) is 29.6. The Morgan fingerprint density at radius 1 is 0.478 bits per heavy atom. The fourth-order valence-electron chi connectivity index (χ4n) is 11.3. The largest absolute Gasteiger partial charge is 0.481 e. The van der Waals surface area contributed by atoms with Crippen LogP contribution in [0.5, 0.6) is 0 Å². The lowest BCUT2D eigenvalue weighted by Crippen LogP contribution is -2.64. The van der Waals surface area contributed by atoms with Crippen LogP contribution >= 0.6 is 11.8 Å². The second-order valence-electron chi connectivity index (χ2n) is 27.5. The zero-order valence-electron chi connectivity index (χ0n) is 59.8. The van der Waals surface area contributed by atoms with Crippen molar-refractivity contribution in [1.82, 2.24) is 55.6 Å². The molecule has 1 aliphatic rings. The van der Waals surface area contributed by atoms with Crippen LogP contribution in [0.3, 0.4) is 0 Å². The number of likely N-dealkylation sites (N-methyl/N-ethyl adjacent to an activating group) is 7. The highest BCUT2D eigenvalue weighted by atomic mass is 32.2.